The van der Waals surface area contributed by atoms with Gasteiger partial charge in [-0.2, -0.15) is 0 Å². The molecule has 3 aromatic carbocycles. The fourth-order valence-electron chi connectivity index (χ4n) is 2.69. The number of nitrogens with two attached hydrogens (primary N) is 1. The molecule has 2 N–H and O–H groups in total. The van der Waals surface area contributed by atoms with E-state index in [0.717, 1.165) is 11.3 Å². The summed E-state index contributed by atoms with van der Waals surface area (Å²) in [5.74, 6) is 0. The van der Waals surface area contributed by atoms with Gasteiger partial charge in [0.05, 0.1) is 0 Å². The van der Waals surface area contributed by atoms with Crippen LogP contribution in [0.4, 0.5) is 5.69 Å². The highest BCUT2D eigenvalue weighted by Gasteiger charge is 2.04. The Morgan fingerprint density at radius 3 is 1.64 bits per heavy atom. The van der Waals surface area contributed by atoms with E-state index in [1.54, 1.807) is 0 Å². The first-order valence-electron chi connectivity index (χ1n) is 8.50. The minimum Gasteiger partial charge on any atom is -0.399 e. The fourth-order valence-corrected chi connectivity index (χ4v) is 2.69. The Bertz CT molecular complexity index is 833. The Morgan fingerprint density at radius 1 is 0.680 bits per heavy atom. The first kappa shape index (κ1) is 16.8. The van der Waals surface area contributed by atoms with Crippen molar-refractivity contribution in [1.29, 1.82) is 0 Å². The molecule has 3 rings (SSSR count). The number of aryl methyl sites for hydroxylation is 2. The highest BCUT2D eigenvalue weighted by Crippen LogP contribution is 2.24. The molecule has 0 bridgehead atoms. The molecule has 0 aliphatic carbocycles. The summed E-state index contributed by atoms with van der Waals surface area (Å²) in [6.07, 6.45) is 6.37. The molecule has 0 saturated heterocycles. The van der Waals surface area contributed by atoms with Crippen LogP contribution >= 0.6 is 0 Å². The molecule has 3 aromatic rings. The van der Waals surface area contributed by atoms with Crippen LogP contribution in [0.15, 0.2) is 84.9 Å². The second kappa shape index (κ2) is 7.67. The van der Waals surface area contributed by atoms with Gasteiger partial charge >= 0.3 is 0 Å². The summed E-state index contributed by atoms with van der Waals surface area (Å²) in [4.78, 5) is 0. The highest BCUT2D eigenvalue weighted by atomic mass is 14.5. The molecule has 0 atom stereocenters. The second-order valence-corrected chi connectivity index (χ2v) is 6.34. The number of hydrogen-bond donors (Lipinski definition) is 1. The van der Waals surface area contributed by atoms with Crippen molar-refractivity contribution in [3.63, 3.8) is 0 Å². The Morgan fingerprint density at radius 2 is 1.16 bits per heavy atom. The monoisotopic (exact) mass is 325 g/mol. The van der Waals surface area contributed by atoms with E-state index in [1.165, 1.54) is 27.8 Å². The predicted molar refractivity (Wildman–Crippen MR) is 109 cm³/mol. The quantitative estimate of drug-likeness (QED) is 0.460. The summed E-state index contributed by atoms with van der Waals surface area (Å²) in [6, 6.07) is 25.2. The number of hydrogen-bond acceptors (Lipinski definition) is 1. The molecule has 0 aromatic heterocycles. The van der Waals surface area contributed by atoms with Crippen LogP contribution in [0.1, 0.15) is 27.8 Å². The van der Waals surface area contributed by atoms with Crippen LogP contribution in [0.2, 0.25) is 0 Å². The van der Waals surface area contributed by atoms with E-state index in [1.807, 2.05) is 24.3 Å². The maximum absolute atomic E-state index is 5.74. The topological polar surface area (TPSA) is 26.0 Å². The van der Waals surface area contributed by atoms with Crippen molar-refractivity contribution < 1.29 is 0 Å². The minimum atomic E-state index is 0.785. The first-order chi connectivity index (χ1) is 12.1. The number of nitrogen functional groups attached to an aromatic ring is 1. The van der Waals surface area contributed by atoms with E-state index in [-0.39, 0.29) is 0 Å². The molecule has 0 aliphatic heterocycles. The molecule has 0 heterocycles. The van der Waals surface area contributed by atoms with Crippen molar-refractivity contribution in [1.82, 2.24) is 0 Å². The zero-order chi connectivity index (χ0) is 17.6. The maximum Gasteiger partial charge on any atom is 0.0314 e. The molecule has 0 radical (unpaired) electrons. The summed E-state index contributed by atoms with van der Waals surface area (Å²) in [7, 11) is 0. The lowest BCUT2D eigenvalue weighted by molar-refractivity contribution is 1.43. The third kappa shape index (κ3) is 4.48. The number of rotatable bonds is 4. The van der Waals surface area contributed by atoms with Gasteiger partial charge in [0.2, 0.25) is 0 Å². The maximum atomic E-state index is 5.74. The molecular formula is C24H23N. The largest absolute Gasteiger partial charge is 0.399 e. The standard InChI is InChI=1S/C24H23N/c1-18-6-12-21(13-7-18)24(22-14-8-19(2)9-15-22)5-3-4-20-10-16-23(25)17-11-20/h3-17H,25H2,1-2H3. The molecule has 0 spiro atoms. The van der Waals surface area contributed by atoms with E-state index in [0.29, 0.717) is 0 Å². The molecule has 0 unspecified atom stereocenters. The average molecular weight is 325 g/mol. The van der Waals surface area contributed by atoms with Crippen LogP contribution in [0.5, 0.6) is 0 Å². The Balaban J connectivity index is 1.96. The molecule has 0 amide bonds. The molecular weight excluding hydrogens is 302 g/mol. The molecule has 1 nitrogen and oxygen atoms in total. The lowest BCUT2D eigenvalue weighted by Gasteiger charge is -2.09. The summed E-state index contributed by atoms with van der Waals surface area (Å²) >= 11 is 0. The summed E-state index contributed by atoms with van der Waals surface area (Å²) in [5.41, 5.74) is 13.9. The van der Waals surface area contributed by atoms with Gasteiger partial charge in [0.25, 0.3) is 0 Å². The van der Waals surface area contributed by atoms with Gasteiger partial charge in [0, 0.05) is 5.69 Å². The third-order valence-electron chi connectivity index (χ3n) is 4.21. The van der Waals surface area contributed by atoms with Gasteiger partial charge in [-0.1, -0.05) is 90.0 Å². The van der Waals surface area contributed by atoms with Crippen LogP contribution in [0, 0.1) is 13.8 Å². The van der Waals surface area contributed by atoms with Crippen LogP contribution in [0.3, 0.4) is 0 Å². The van der Waals surface area contributed by atoms with E-state index in [9.17, 15) is 0 Å². The molecule has 0 saturated carbocycles. The zero-order valence-electron chi connectivity index (χ0n) is 14.7. The second-order valence-electron chi connectivity index (χ2n) is 6.34. The SMILES string of the molecule is Cc1ccc(C(=CC=Cc2ccc(N)cc2)c2ccc(C)cc2)cc1. The van der Waals surface area contributed by atoms with Gasteiger partial charge in [0.1, 0.15) is 0 Å². The lowest BCUT2D eigenvalue weighted by atomic mass is 9.96. The van der Waals surface area contributed by atoms with Crippen LogP contribution in [-0.4, -0.2) is 0 Å². The van der Waals surface area contributed by atoms with Crippen molar-refractivity contribution in [3.05, 3.63) is 113 Å². The van der Waals surface area contributed by atoms with Gasteiger partial charge in [0.15, 0.2) is 0 Å². The Labute approximate surface area is 150 Å². The summed E-state index contributed by atoms with van der Waals surface area (Å²) < 4.78 is 0. The zero-order valence-corrected chi connectivity index (χ0v) is 14.7. The smallest absolute Gasteiger partial charge is 0.0314 e. The number of allylic oxidation sites excluding steroid dienone is 2. The fraction of sp³-hybridized carbons (Fsp3) is 0.0833. The highest BCUT2D eigenvalue weighted by molar-refractivity contribution is 5.81. The molecule has 124 valence electrons. The third-order valence-corrected chi connectivity index (χ3v) is 4.21. The van der Waals surface area contributed by atoms with Crippen molar-refractivity contribution in [2.45, 2.75) is 13.8 Å². The Kier molecular flexibility index (Phi) is 5.15. The average Bonchev–Trinajstić information content (AvgIpc) is 2.62. The minimum absolute atomic E-state index is 0.785. The van der Waals surface area contributed by atoms with Crippen LogP contribution < -0.4 is 5.73 Å². The normalized spacial score (nSPS) is 10.8. The number of benzene rings is 3. The number of anilines is 1. The van der Waals surface area contributed by atoms with Crippen molar-refractivity contribution in [2.24, 2.45) is 0 Å². The summed E-state index contributed by atoms with van der Waals surface area (Å²) in [6.45, 7) is 4.22. The molecule has 0 fully saturated rings. The summed E-state index contributed by atoms with van der Waals surface area (Å²) in [5, 5.41) is 0. The predicted octanol–water partition coefficient (Wildman–Crippen LogP) is 6.03. The molecule has 1 heteroatoms. The lowest BCUT2D eigenvalue weighted by Crippen LogP contribution is -1.88. The van der Waals surface area contributed by atoms with Gasteiger partial charge in [-0.3, -0.25) is 0 Å². The van der Waals surface area contributed by atoms with Crippen LogP contribution in [-0.2, 0) is 0 Å². The molecule has 25 heavy (non-hydrogen) atoms. The van der Waals surface area contributed by atoms with Gasteiger partial charge in [-0.25, -0.2) is 0 Å². The first-order valence-corrected chi connectivity index (χ1v) is 8.50. The molecule has 0 aliphatic rings. The Hall–Kier alpha value is -3.06. The van der Waals surface area contributed by atoms with E-state index in [4.69, 9.17) is 5.73 Å². The van der Waals surface area contributed by atoms with E-state index >= 15 is 0 Å². The van der Waals surface area contributed by atoms with Crippen LogP contribution in [0.25, 0.3) is 11.6 Å². The van der Waals surface area contributed by atoms with Gasteiger partial charge in [-0.05, 0) is 48.2 Å². The van der Waals surface area contributed by atoms with Crippen molar-refractivity contribution in [2.75, 3.05) is 5.73 Å². The van der Waals surface area contributed by atoms with Gasteiger partial charge < -0.3 is 5.73 Å². The van der Waals surface area contributed by atoms with E-state index < -0.39 is 0 Å². The van der Waals surface area contributed by atoms with Gasteiger partial charge in [-0.15, -0.1) is 0 Å². The van der Waals surface area contributed by atoms with E-state index in [2.05, 4.69) is 80.6 Å². The van der Waals surface area contributed by atoms with Crippen molar-refractivity contribution >= 4 is 17.3 Å². The van der Waals surface area contributed by atoms with Crippen molar-refractivity contribution in [3.8, 4) is 0 Å².